The molecule has 1 aliphatic heterocycles. The van der Waals surface area contributed by atoms with Crippen LogP contribution in [0.1, 0.15) is 25.7 Å². The summed E-state index contributed by atoms with van der Waals surface area (Å²) in [5.74, 6) is 1.55. The maximum absolute atomic E-state index is 4.60. The first kappa shape index (κ1) is 17.1. The van der Waals surface area contributed by atoms with Crippen LogP contribution in [0.3, 0.4) is 0 Å². The van der Waals surface area contributed by atoms with Crippen molar-refractivity contribution in [2.24, 2.45) is 0 Å². The minimum Gasteiger partial charge on any atom is -0.369 e. The van der Waals surface area contributed by atoms with Crippen LogP contribution in [0.4, 0.5) is 23.1 Å². The Bertz CT molecular complexity index is 702. The van der Waals surface area contributed by atoms with Crippen LogP contribution in [0.25, 0.3) is 0 Å². The van der Waals surface area contributed by atoms with Gasteiger partial charge in [0.25, 0.3) is 0 Å². The molecule has 0 radical (unpaired) electrons. The minimum atomic E-state index is 0.521. The number of likely N-dealkylation sites (N-methyl/N-ethyl adjacent to an activating group) is 1. The molecule has 0 bridgehead atoms. The summed E-state index contributed by atoms with van der Waals surface area (Å²) in [6.07, 6.45) is 6.85. The molecule has 0 amide bonds. The number of nitrogens with zero attached hydrogens (tertiary/aromatic N) is 4. The number of rotatable bonds is 5. The minimum absolute atomic E-state index is 0.521. The van der Waals surface area contributed by atoms with Gasteiger partial charge in [-0.1, -0.05) is 12.8 Å². The molecule has 2 aliphatic rings. The third-order valence-corrected chi connectivity index (χ3v) is 5.35. The molecule has 1 aromatic heterocycles. The van der Waals surface area contributed by atoms with Gasteiger partial charge in [0, 0.05) is 49.8 Å². The monoisotopic (exact) mass is 352 g/mol. The van der Waals surface area contributed by atoms with E-state index in [0.717, 1.165) is 43.6 Å². The molecule has 4 rings (SSSR count). The summed E-state index contributed by atoms with van der Waals surface area (Å²) in [6, 6.07) is 11.1. The van der Waals surface area contributed by atoms with Crippen molar-refractivity contribution in [1.29, 1.82) is 0 Å². The fraction of sp³-hybridized carbons (Fsp3) is 0.500. The third-order valence-electron chi connectivity index (χ3n) is 5.35. The van der Waals surface area contributed by atoms with Gasteiger partial charge in [-0.2, -0.15) is 4.98 Å². The second-order valence-electron chi connectivity index (χ2n) is 7.35. The summed E-state index contributed by atoms with van der Waals surface area (Å²) in [5.41, 5.74) is 2.34. The highest BCUT2D eigenvalue weighted by atomic mass is 15.2. The fourth-order valence-electron chi connectivity index (χ4n) is 3.72. The normalized spacial score (nSPS) is 18.9. The molecule has 0 spiro atoms. The predicted octanol–water partition coefficient (Wildman–Crippen LogP) is 3.33. The van der Waals surface area contributed by atoms with Crippen LogP contribution in [0.5, 0.6) is 0 Å². The zero-order valence-corrected chi connectivity index (χ0v) is 15.5. The molecule has 1 aliphatic carbocycles. The molecule has 6 heteroatoms. The average molecular weight is 352 g/mol. The Morgan fingerprint density at radius 2 is 1.69 bits per heavy atom. The Morgan fingerprint density at radius 3 is 2.42 bits per heavy atom. The number of benzene rings is 1. The summed E-state index contributed by atoms with van der Waals surface area (Å²) in [6.45, 7) is 4.42. The second kappa shape index (κ2) is 7.91. The average Bonchev–Trinajstić information content (AvgIpc) is 3.16. The van der Waals surface area contributed by atoms with Gasteiger partial charge in [0.1, 0.15) is 5.82 Å². The van der Waals surface area contributed by atoms with Crippen molar-refractivity contribution in [2.45, 2.75) is 31.7 Å². The quantitative estimate of drug-likeness (QED) is 0.861. The summed E-state index contributed by atoms with van der Waals surface area (Å²) in [5, 5.41) is 6.84. The van der Waals surface area contributed by atoms with E-state index in [4.69, 9.17) is 0 Å². The van der Waals surface area contributed by atoms with Gasteiger partial charge in [-0.25, -0.2) is 4.98 Å². The first-order valence-electron chi connectivity index (χ1n) is 9.66. The van der Waals surface area contributed by atoms with Crippen molar-refractivity contribution in [2.75, 3.05) is 48.8 Å². The van der Waals surface area contributed by atoms with Crippen LogP contribution in [0.15, 0.2) is 36.5 Å². The summed E-state index contributed by atoms with van der Waals surface area (Å²) in [7, 11) is 2.18. The van der Waals surface area contributed by atoms with Gasteiger partial charge < -0.3 is 20.4 Å². The van der Waals surface area contributed by atoms with Gasteiger partial charge in [-0.15, -0.1) is 0 Å². The predicted molar refractivity (Wildman–Crippen MR) is 107 cm³/mol. The van der Waals surface area contributed by atoms with E-state index in [1.54, 1.807) is 0 Å². The van der Waals surface area contributed by atoms with Gasteiger partial charge in [0.2, 0.25) is 5.95 Å². The molecule has 2 heterocycles. The lowest BCUT2D eigenvalue weighted by Gasteiger charge is -2.34. The second-order valence-corrected chi connectivity index (χ2v) is 7.35. The van der Waals surface area contributed by atoms with Crippen LogP contribution in [-0.2, 0) is 0 Å². The first-order valence-corrected chi connectivity index (χ1v) is 9.66. The molecule has 6 nitrogen and oxygen atoms in total. The molecule has 1 saturated heterocycles. The summed E-state index contributed by atoms with van der Waals surface area (Å²) in [4.78, 5) is 13.8. The lowest BCUT2D eigenvalue weighted by molar-refractivity contribution is 0.313. The van der Waals surface area contributed by atoms with E-state index in [1.165, 1.54) is 31.4 Å². The lowest BCUT2D eigenvalue weighted by Crippen LogP contribution is -2.44. The van der Waals surface area contributed by atoms with Gasteiger partial charge >= 0.3 is 0 Å². The van der Waals surface area contributed by atoms with E-state index < -0.39 is 0 Å². The SMILES string of the molecule is CN1CCN(c2ccc(Nc3ccnc(NC4CCCC4)n3)cc2)CC1. The Hall–Kier alpha value is -2.34. The highest BCUT2D eigenvalue weighted by Gasteiger charge is 2.16. The highest BCUT2D eigenvalue weighted by Crippen LogP contribution is 2.23. The summed E-state index contributed by atoms with van der Waals surface area (Å²) >= 11 is 0. The zero-order valence-electron chi connectivity index (χ0n) is 15.5. The van der Waals surface area contributed by atoms with Gasteiger partial charge in [-0.05, 0) is 50.2 Å². The van der Waals surface area contributed by atoms with Gasteiger partial charge in [-0.3, -0.25) is 0 Å². The van der Waals surface area contributed by atoms with Crippen molar-refractivity contribution in [1.82, 2.24) is 14.9 Å². The number of nitrogens with one attached hydrogen (secondary N) is 2. The van der Waals surface area contributed by atoms with Crippen LogP contribution < -0.4 is 15.5 Å². The first-order chi connectivity index (χ1) is 12.8. The summed E-state index contributed by atoms with van der Waals surface area (Å²) < 4.78 is 0. The largest absolute Gasteiger partial charge is 0.369 e. The molecular formula is C20H28N6. The molecule has 0 atom stereocenters. The zero-order chi connectivity index (χ0) is 17.8. The third kappa shape index (κ3) is 4.25. The molecule has 2 N–H and O–H groups in total. The molecule has 1 saturated carbocycles. The van der Waals surface area contributed by atoms with Crippen LogP contribution in [0.2, 0.25) is 0 Å². The Balaban J connectivity index is 1.37. The molecule has 2 fully saturated rings. The van der Waals surface area contributed by atoms with E-state index in [9.17, 15) is 0 Å². The standard InChI is InChI=1S/C20H28N6/c1-25-12-14-26(15-13-25)18-8-6-17(7-9-18)22-19-10-11-21-20(24-19)23-16-4-2-3-5-16/h6-11,16H,2-5,12-15H2,1H3,(H2,21,22,23,24). The van der Waals surface area contributed by atoms with Crippen molar-refractivity contribution in [3.8, 4) is 0 Å². The highest BCUT2D eigenvalue weighted by molar-refractivity contribution is 5.61. The number of hydrogen-bond donors (Lipinski definition) is 2. The van der Waals surface area contributed by atoms with E-state index >= 15 is 0 Å². The molecule has 0 unspecified atom stereocenters. The van der Waals surface area contributed by atoms with E-state index in [0.29, 0.717) is 6.04 Å². The van der Waals surface area contributed by atoms with Gasteiger partial charge in [0.15, 0.2) is 0 Å². The van der Waals surface area contributed by atoms with Crippen LogP contribution in [-0.4, -0.2) is 54.1 Å². The number of hydrogen-bond acceptors (Lipinski definition) is 6. The van der Waals surface area contributed by atoms with Crippen molar-refractivity contribution in [3.05, 3.63) is 36.5 Å². The Kier molecular flexibility index (Phi) is 5.20. The lowest BCUT2D eigenvalue weighted by atomic mass is 10.2. The number of aromatic nitrogens is 2. The van der Waals surface area contributed by atoms with Crippen LogP contribution >= 0.6 is 0 Å². The van der Waals surface area contributed by atoms with Crippen LogP contribution in [0, 0.1) is 0 Å². The molecule has 1 aromatic carbocycles. The fourth-order valence-corrected chi connectivity index (χ4v) is 3.72. The Morgan fingerprint density at radius 1 is 0.962 bits per heavy atom. The van der Waals surface area contributed by atoms with Gasteiger partial charge in [0.05, 0.1) is 0 Å². The number of piperazine rings is 1. The molecule has 138 valence electrons. The van der Waals surface area contributed by atoms with E-state index in [-0.39, 0.29) is 0 Å². The van der Waals surface area contributed by atoms with E-state index in [1.807, 2.05) is 12.3 Å². The Labute approximate surface area is 155 Å². The topological polar surface area (TPSA) is 56.3 Å². The maximum Gasteiger partial charge on any atom is 0.224 e. The van der Waals surface area contributed by atoms with Crippen molar-refractivity contribution < 1.29 is 0 Å². The molecule has 2 aromatic rings. The number of anilines is 4. The molecule has 26 heavy (non-hydrogen) atoms. The van der Waals surface area contributed by atoms with E-state index in [2.05, 4.69) is 61.7 Å². The smallest absolute Gasteiger partial charge is 0.224 e. The van der Waals surface area contributed by atoms with Crippen molar-refractivity contribution in [3.63, 3.8) is 0 Å². The molecular weight excluding hydrogens is 324 g/mol. The van der Waals surface area contributed by atoms with Crippen molar-refractivity contribution >= 4 is 23.1 Å². The maximum atomic E-state index is 4.60.